The quantitative estimate of drug-likeness (QED) is 0.168. The third-order valence-electron chi connectivity index (χ3n) is 11.8. The van der Waals surface area contributed by atoms with Gasteiger partial charge in [-0.1, -0.05) is 31.5 Å². The molecule has 2 aliphatic heterocycles. The first-order chi connectivity index (χ1) is 25.3. The summed E-state index contributed by atoms with van der Waals surface area (Å²) in [4.78, 5) is 74.0. The molecule has 7 rings (SSSR count). The molecule has 16 heteroatoms. The van der Waals surface area contributed by atoms with Gasteiger partial charge in [-0.2, -0.15) is 0 Å². The number of nitrogens with zero attached hydrogens (tertiary/aromatic N) is 3. The number of likely N-dealkylation sites (N-methyl/N-ethyl adjacent to an activating group) is 1. The van der Waals surface area contributed by atoms with Gasteiger partial charge < -0.3 is 29.0 Å². The molecule has 1 unspecified atom stereocenters. The van der Waals surface area contributed by atoms with E-state index in [1.165, 1.54) is 23.3 Å². The van der Waals surface area contributed by atoms with Crippen LogP contribution in [0.4, 0.5) is 4.79 Å². The highest BCUT2D eigenvalue weighted by molar-refractivity contribution is 7.09. The standard InChI is InChI=1S/C38H50BClN4O9S/c1-10-43-13-14-44(33(47)32(43)46)35(49)42-30(25-19-54-20(2)41-25)26(45)18-23(39-52-28-17-22-16-27(37(22,6)7)38(28,8)53-39)15-21-11-12-24(40)29(31(21)50-9)34(48)51-36(3,4)5/h11-12,19,22-23,27-28,30H,10,13-18H2,1-9H3,(H,42,49)/t22-,23+,27-,28+,30?,38-/m0/s1. The molecule has 4 amide bonds. The van der Waals surface area contributed by atoms with E-state index in [4.69, 9.17) is 30.4 Å². The van der Waals surface area contributed by atoms with Gasteiger partial charge in [0, 0.05) is 37.3 Å². The molecule has 2 aromatic rings. The van der Waals surface area contributed by atoms with Crippen molar-refractivity contribution in [2.24, 2.45) is 17.3 Å². The van der Waals surface area contributed by atoms with E-state index in [0.717, 1.165) is 17.7 Å². The van der Waals surface area contributed by atoms with Gasteiger partial charge in [-0.25, -0.2) is 14.6 Å². The number of hydrogen-bond donors (Lipinski definition) is 1. The Labute approximate surface area is 325 Å². The number of esters is 1. The Hall–Kier alpha value is -3.53. The highest BCUT2D eigenvalue weighted by Gasteiger charge is 2.68. The molecule has 2 saturated heterocycles. The highest BCUT2D eigenvalue weighted by atomic mass is 35.5. The van der Waals surface area contributed by atoms with Crippen LogP contribution in [0.15, 0.2) is 17.5 Å². The van der Waals surface area contributed by atoms with E-state index in [9.17, 15) is 24.0 Å². The van der Waals surface area contributed by atoms with E-state index < -0.39 is 59.8 Å². The molecule has 6 atom stereocenters. The number of nitrogens with one attached hydrogen (secondary N) is 1. The largest absolute Gasteiger partial charge is 0.496 e. The average Bonchev–Trinajstić information content (AvgIpc) is 3.69. The summed E-state index contributed by atoms with van der Waals surface area (Å²) < 4.78 is 25.1. The molecule has 2 bridgehead atoms. The van der Waals surface area contributed by atoms with Crippen LogP contribution >= 0.6 is 22.9 Å². The zero-order valence-corrected chi connectivity index (χ0v) is 34.0. The number of Topliss-reactive ketones (excluding diaryl/α,β-unsaturated/α-hetero) is 1. The van der Waals surface area contributed by atoms with Crippen LogP contribution in [0, 0.1) is 24.2 Å². The van der Waals surface area contributed by atoms with Crippen molar-refractivity contribution in [3.05, 3.63) is 44.4 Å². The Kier molecular flexibility index (Phi) is 11.0. The fourth-order valence-electron chi connectivity index (χ4n) is 8.74. The van der Waals surface area contributed by atoms with E-state index in [1.807, 2.05) is 0 Å². The molecule has 5 fully saturated rings. The molecular weight excluding hydrogens is 735 g/mol. The summed E-state index contributed by atoms with van der Waals surface area (Å²) in [5.41, 5.74) is -0.330. The van der Waals surface area contributed by atoms with Crippen molar-refractivity contribution < 1.29 is 42.8 Å². The summed E-state index contributed by atoms with van der Waals surface area (Å²) in [6.07, 6.45) is 1.73. The molecule has 0 spiro atoms. The molecule has 5 aliphatic rings. The third kappa shape index (κ3) is 7.40. The van der Waals surface area contributed by atoms with Crippen LogP contribution < -0.4 is 10.1 Å². The highest BCUT2D eigenvalue weighted by Crippen LogP contribution is 2.66. The van der Waals surface area contributed by atoms with E-state index in [0.29, 0.717) is 28.7 Å². The first kappa shape index (κ1) is 40.1. The minimum Gasteiger partial charge on any atom is -0.496 e. The van der Waals surface area contributed by atoms with Gasteiger partial charge in [0.05, 0.1) is 34.5 Å². The molecule has 1 aromatic heterocycles. The minimum absolute atomic E-state index is 0.0115. The fourth-order valence-corrected chi connectivity index (χ4v) is 9.61. The van der Waals surface area contributed by atoms with Crippen LogP contribution in [0.3, 0.4) is 0 Å². The number of piperazine rings is 1. The Morgan fingerprint density at radius 1 is 1.15 bits per heavy atom. The van der Waals surface area contributed by atoms with Gasteiger partial charge in [0.15, 0.2) is 5.78 Å². The number of rotatable bonds is 11. The maximum absolute atomic E-state index is 14.6. The van der Waals surface area contributed by atoms with Gasteiger partial charge >= 0.3 is 30.9 Å². The number of ether oxygens (including phenoxy) is 2. The van der Waals surface area contributed by atoms with Gasteiger partial charge in [-0.05, 0) is 89.7 Å². The van der Waals surface area contributed by atoms with Crippen molar-refractivity contribution in [3.8, 4) is 5.75 Å². The van der Waals surface area contributed by atoms with E-state index in [1.54, 1.807) is 52.1 Å². The van der Waals surface area contributed by atoms with E-state index in [2.05, 4.69) is 31.1 Å². The minimum atomic E-state index is -1.24. The Bertz CT molecular complexity index is 1850. The number of urea groups is 1. The summed E-state index contributed by atoms with van der Waals surface area (Å²) >= 11 is 7.90. The number of halogens is 1. The van der Waals surface area contributed by atoms with Gasteiger partial charge in [-0.15, -0.1) is 11.3 Å². The lowest BCUT2D eigenvalue weighted by Gasteiger charge is -2.64. The lowest BCUT2D eigenvalue weighted by Crippen LogP contribution is -2.65. The lowest BCUT2D eigenvalue weighted by molar-refractivity contribution is -0.199. The topological polar surface area (TPSA) is 154 Å². The summed E-state index contributed by atoms with van der Waals surface area (Å²) in [5, 5.41) is 5.25. The molecule has 54 heavy (non-hydrogen) atoms. The number of amides is 4. The summed E-state index contributed by atoms with van der Waals surface area (Å²) in [5.74, 6) is -2.44. The Morgan fingerprint density at radius 3 is 2.48 bits per heavy atom. The van der Waals surface area contributed by atoms with Crippen molar-refractivity contribution >= 4 is 59.7 Å². The number of hydrogen-bond acceptors (Lipinski definition) is 11. The Balaban J connectivity index is 1.33. The maximum Gasteiger partial charge on any atom is 0.461 e. The van der Waals surface area contributed by atoms with Crippen LogP contribution in [-0.4, -0.2) is 95.6 Å². The number of thiazole rings is 1. The van der Waals surface area contributed by atoms with E-state index in [-0.39, 0.29) is 59.7 Å². The molecule has 0 radical (unpaired) electrons. The molecule has 3 heterocycles. The average molecular weight is 785 g/mol. The first-order valence-electron chi connectivity index (χ1n) is 18.6. The second-order valence-electron chi connectivity index (χ2n) is 16.6. The SMILES string of the molecule is CCN1CCN(C(=O)NC(C(=O)C[C@@H](Cc2ccc(Cl)c(C(=O)OC(C)(C)C)c2OC)B2O[C@@H]3C[C@@H]4C[C@@H](C4(C)C)[C@]3(C)O2)c2csc(C)n2)C(=O)C1=O. The maximum atomic E-state index is 14.6. The molecule has 292 valence electrons. The predicted octanol–water partition coefficient (Wildman–Crippen LogP) is 5.81. The van der Waals surface area contributed by atoms with Crippen molar-refractivity contribution in [3.63, 3.8) is 0 Å². The molecule has 13 nitrogen and oxygen atoms in total. The molecule has 1 aromatic carbocycles. The lowest BCUT2D eigenvalue weighted by atomic mass is 9.43. The van der Waals surface area contributed by atoms with Crippen molar-refractivity contribution in [1.29, 1.82) is 0 Å². The van der Waals surface area contributed by atoms with Crippen LogP contribution in [0.5, 0.6) is 5.75 Å². The van der Waals surface area contributed by atoms with Crippen LogP contribution in [0.25, 0.3) is 0 Å². The molecule has 1 N–H and O–H groups in total. The number of carbonyl (C=O) groups is 5. The van der Waals surface area contributed by atoms with Crippen molar-refractivity contribution in [1.82, 2.24) is 20.1 Å². The number of benzene rings is 1. The number of methoxy groups -OCH3 is 1. The Morgan fingerprint density at radius 2 is 1.87 bits per heavy atom. The summed E-state index contributed by atoms with van der Waals surface area (Å²) in [6, 6.07) is 1.24. The number of aryl methyl sites for hydroxylation is 1. The molecular formula is C38H50BClN4O9S. The molecule has 3 saturated carbocycles. The fraction of sp³-hybridized carbons (Fsp3) is 0.632. The van der Waals surface area contributed by atoms with Crippen LogP contribution in [-0.2, 0) is 34.9 Å². The third-order valence-corrected chi connectivity index (χ3v) is 12.9. The van der Waals surface area contributed by atoms with Crippen molar-refractivity contribution in [2.75, 3.05) is 26.7 Å². The zero-order chi connectivity index (χ0) is 39.5. The summed E-state index contributed by atoms with van der Waals surface area (Å²) in [6.45, 7) is 16.0. The first-order valence-corrected chi connectivity index (χ1v) is 19.8. The number of carbonyl (C=O) groups excluding carboxylic acids is 5. The predicted molar refractivity (Wildman–Crippen MR) is 202 cm³/mol. The van der Waals surface area contributed by atoms with E-state index >= 15 is 0 Å². The van der Waals surface area contributed by atoms with Crippen LogP contribution in [0.2, 0.25) is 10.8 Å². The number of imide groups is 1. The van der Waals surface area contributed by atoms with Gasteiger partial charge in [0.25, 0.3) is 0 Å². The van der Waals surface area contributed by atoms with Crippen molar-refractivity contribution in [2.45, 2.75) is 110 Å². The second kappa shape index (κ2) is 14.9. The van der Waals surface area contributed by atoms with Gasteiger partial charge in [0.1, 0.15) is 23.0 Å². The smallest absolute Gasteiger partial charge is 0.461 e. The second-order valence-corrected chi connectivity index (χ2v) is 18.1. The van der Waals surface area contributed by atoms with Gasteiger partial charge in [-0.3, -0.25) is 19.3 Å². The molecule has 3 aliphatic carbocycles. The number of aromatic nitrogens is 1. The number of ketones is 1. The van der Waals surface area contributed by atoms with Crippen LogP contribution in [0.1, 0.15) is 100 Å². The summed E-state index contributed by atoms with van der Waals surface area (Å²) in [7, 11) is 0.624. The monoisotopic (exact) mass is 784 g/mol. The van der Waals surface area contributed by atoms with Gasteiger partial charge in [0.2, 0.25) is 0 Å². The zero-order valence-electron chi connectivity index (χ0n) is 32.4. The normalized spacial score (nSPS) is 25.8.